The van der Waals surface area contributed by atoms with Gasteiger partial charge in [-0.05, 0) is 50.1 Å². The molecule has 0 spiro atoms. The SMILES string of the molecule is CCCCc1nc2c(c(C)c(C)n3nnnc23)n1CC(C)(C)NS(C)(=O)=O. The van der Waals surface area contributed by atoms with E-state index in [0.29, 0.717) is 12.2 Å². The van der Waals surface area contributed by atoms with Crippen molar-refractivity contribution in [1.29, 1.82) is 0 Å². The number of unbranched alkanes of at least 4 members (excludes halogenated alkanes) is 1. The van der Waals surface area contributed by atoms with E-state index in [1.165, 1.54) is 6.26 Å². The minimum atomic E-state index is -3.33. The molecule has 0 aliphatic rings. The first-order valence-electron chi connectivity index (χ1n) is 9.09. The van der Waals surface area contributed by atoms with Gasteiger partial charge in [0, 0.05) is 24.2 Å². The summed E-state index contributed by atoms with van der Waals surface area (Å²) in [5.41, 5.74) is 3.66. The molecule has 3 heterocycles. The lowest BCUT2D eigenvalue weighted by atomic mass is 10.1. The highest BCUT2D eigenvalue weighted by atomic mass is 32.2. The van der Waals surface area contributed by atoms with Crippen LogP contribution in [0.1, 0.15) is 50.7 Å². The van der Waals surface area contributed by atoms with Gasteiger partial charge >= 0.3 is 0 Å². The first-order valence-corrected chi connectivity index (χ1v) is 11.0. The summed E-state index contributed by atoms with van der Waals surface area (Å²) >= 11 is 0. The van der Waals surface area contributed by atoms with E-state index in [0.717, 1.165) is 47.4 Å². The molecule has 0 aliphatic heterocycles. The van der Waals surface area contributed by atoms with Gasteiger partial charge < -0.3 is 4.57 Å². The summed E-state index contributed by atoms with van der Waals surface area (Å²) in [7, 11) is -3.33. The van der Waals surface area contributed by atoms with Gasteiger partial charge in [0.05, 0.1) is 11.8 Å². The van der Waals surface area contributed by atoms with Gasteiger partial charge in [0.2, 0.25) is 15.7 Å². The Morgan fingerprint density at radius 2 is 1.93 bits per heavy atom. The predicted molar refractivity (Wildman–Crippen MR) is 104 cm³/mol. The summed E-state index contributed by atoms with van der Waals surface area (Å²) in [6.07, 6.45) is 4.04. The number of aromatic nitrogens is 6. The maximum absolute atomic E-state index is 11.8. The average molecular weight is 394 g/mol. The quantitative estimate of drug-likeness (QED) is 0.655. The molecule has 9 nitrogen and oxygen atoms in total. The Kier molecular flexibility index (Phi) is 4.98. The van der Waals surface area contributed by atoms with Gasteiger partial charge in [0.1, 0.15) is 11.3 Å². The summed E-state index contributed by atoms with van der Waals surface area (Å²) in [6, 6.07) is 0. The Hall–Kier alpha value is -2.07. The molecule has 0 aromatic carbocycles. The molecule has 10 heteroatoms. The third-order valence-electron chi connectivity index (χ3n) is 4.71. The third kappa shape index (κ3) is 3.81. The highest BCUT2D eigenvalue weighted by molar-refractivity contribution is 7.88. The van der Waals surface area contributed by atoms with Crippen molar-refractivity contribution in [3.05, 3.63) is 17.1 Å². The number of nitrogens with one attached hydrogen (secondary N) is 1. The zero-order valence-electron chi connectivity index (χ0n) is 16.7. The lowest BCUT2D eigenvalue weighted by molar-refractivity contribution is 0.389. The lowest BCUT2D eigenvalue weighted by Gasteiger charge is -2.27. The maximum atomic E-state index is 11.8. The molecule has 0 saturated heterocycles. The first kappa shape index (κ1) is 19.7. The van der Waals surface area contributed by atoms with E-state index in [4.69, 9.17) is 4.98 Å². The standard InChI is InChI=1S/C17H27N7O2S/c1-7-8-9-13-18-14-15(11(2)12(3)24-16(14)19-21-22-24)23(13)10-17(4,5)20-27(6,25)26/h20H,7-10H2,1-6H3. The van der Waals surface area contributed by atoms with Crippen molar-refractivity contribution < 1.29 is 8.42 Å². The molecule has 3 aromatic rings. The molecule has 3 rings (SSSR count). The highest BCUT2D eigenvalue weighted by Crippen LogP contribution is 2.28. The van der Waals surface area contributed by atoms with Crippen molar-refractivity contribution in [2.45, 2.75) is 66.0 Å². The second kappa shape index (κ2) is 6.83. The fourth-order valence-electron chi connectivity index (χ4n) is 3.55. The zero-order valence-corrected chi connectivity index (χ0v) is 17.6. The molecular weight excluding hydrogens is 366 g/mol. The second-order valence-electron chi connectivity index (χ2n) is 7.80. The molecule has 0 bridgehead atoms. The molecule has 3 aromatic heterocycles. The van der Waals surface area contributed by atoms with Gasteiger partial charge in [-0.3, -0.25) is 0 Å². The van der Waals surface area contributed by atoms with Crippen LogP contribution in [-0.4, -0.2) is 49.8 Å². The van der Waals surface area contributed by atoms with E-state index in [9.17, 15) is 8.42 Å². The van der Waals surface area contributed by atoms with Gasteiger partial charge in [-0.25, -0.2) is 18.1 Å². The Morgan fingerprint density at radius 3 is 2.56 bits per heavy atom. The van der Waals surface area contributed by atoms with Crippen LogP contribution in [0.2, 0.25) is 0 Å². The predicted octanol–water partition coefficient (Wildman–Crippen LogP) is 1.76. The number of fused-ring (bicyclic) bond motifs is 3. The first-order chi connectivity index (χ1) is 12.5. The topological polar surface area (TPSA) is 107 Å². The van der Waals surface area contributed by atoms with Crippen molar-refractivity contribution in [1.82, 2.24) is 34.3 Å². The number of hydrogen-bond donors (Lipinski definition) is 1. The van der Waals surface area contributed by atoms with E-state index in [1.54, 1.807) is 4.52 Å². The fraction of sp³-hybridized carbons (Fsp3) is 0.647. The van der Waals surface area contributed by atoms with Gasteiger partial charge in [0.15, 0.2) is 0 Å². The summed E-state index contributed by atoms with van der Waals surface area (Å²) in [6.45, 7) is 10.4. The van der Waals surface area contributed by atoms with E-state index in [2.05, 4.69) is 31.7 Å². The minimum Gasteiger partial charge on any atom is -0.326 e. The molecule has 0 unspecified atom stereocenters. The third-order valence-corrected chi connectivity index (χ3v) is 5.64. The van der Waals surface area contributed by atoms with Crippen molar-refractivity contribution in [2.75, 3.05) is 6.26 Å². The molecule has 0 fully saturated rings. The van der Waals surface area contributed by atoms with Gasteiger partial charge in [-0.15, -0.1) is 5.10 Å². The molecule has 0 amide bonds. The van der Waals surface area contributed by atoms with Crippen LogP contribution >= 0.6 is 0 Å². The molecule has 148 valence electrons. The fourth-order valence-corrected chi connectivity index (χ4v) is 4.62. The minimum absolute atomic E-state index is 0.466. The average Bonchev–Trinajstić information content (AvgIpc) is 3.13. The molecular formula is C17H27N7O2S. The van der Waals surface area contributed by atoms with Crippen molar-refractivity contribution in [3.63, 3.8) is 0 Å². The summed E-state index contributed by atoms with van der Waals surface area (Å²) < 4.78 is 30.1. The highest BCUT2D eigenvalue weighted by Gasteiger charge is 2.27. The number of imidazole rings is 1. The van der Waals surface area contributed by atoms with E-state index in [1.807, 2.05) is 27.7 Å². The van der Waals surface area contributed by atoms with E-state index < -0.39 is 15.6 Å². The number of sulfonamides is 1. The molecule has 1 N–H and O–H groups in total. The number of aryl methyl sites for hydroxylation is 3. The lowest BCUT2D eigenvalue weighted by Crippen LogP contribution is -2.46. The normalized spacial score (nSPS) is 13.1. The van der Waals surface area contributed by atoms with Crippen molar-refractivity contribution in [3.8, 4) is 0 Å². The Bertz CT molecular complexity index is 1100. The van der Waals surface area contributed by atoms with E-state index in [-0.39, 0.29) is 0 Å². The van der Waals surface area contributed by atoms with Crippen molar-refractivity contribution >= 4 is 26.7 Å². The number of pyridine rings is 1. The molecule has 0 saturated carbocycles. The second-order valence-corrected chi connectivity index (χ2v) is 9.55. The van der Waals surface area contributed by atoms with Gasteiger partial charge in [-0.1, -0.05) is 13.3 Å². The monoisotopic (exact) mass is 393 g/mol. The Balaban J connectivity index is 2.23. The van der Waals surface area contributed by atoms with Crippen LogP contribution < -0.4 is 4.72 Å². The summed E-state index contributed by atoms with van der Waals surface area (Å²) in [4.78, 5) is 4.86. The Labute approximate surface area is 159 Å². The molecule has 0 aliphatic carbocycles. The van der Waals surface area contributed by atoms with Crippen LogP contribution in [0.4, 0.5) is 0 Å². The van der Waals surface area contributed by atoms with Gasteiger partial charge in [-0.2, -0.15) is 4.52 Å². The zero-order chi connectivity index (χ0) is 20.0. The van der Waals surface area contributed by atoms with Gasteiger partial charge in [0.25, 0.3) is 0 Å². The summed E-state index contributed by atoms with van der Waals surface area (Å²) in [5.74, 6) is 0.925. The van der Waals surface area contributed by atoms with Crippen LogP contribution in [-0.2, 0) is 23.0 Å². The van der Waals surface area contributed by atoms with E-state index >= 15 is 0 Å². The number of tetrazole rings is 1. The Morgan fingerprint density at radius 1 is 1.22 bits per heavy atom. The largest absolute Gasteiger partial charge is 0.326 e. The summed E-state index contributed by atoms with van der Waals surface area (Å²) in [5, 5.41) is 12.0. The van der Waals surface area contributed by atoms with Crippen LogP contribution in [0.25, 0.3) is 16.7 Å². The number of hydrogen-bond acceptors (Lipinski definition) is 6. The van der Waals surface area contributed by atoms with Crippen LogP contribution in [0.5, 0.6) is 0 Å². The molecule has 0 radical (unpaired) electrons. The van der Waals surface area contributed by atoms with Crippen LogP contribution in [0.15, 0.2) is 0 Å². The van der Waals surface area contributed by atoms with Crippen LogP contribution in [0.3, 0.4) is 0 Å². The van der Waals surface area contributed by atoms with Crippen molar-refractivity contribution in [2.24, 2.45) is 0 Å². The maximum Gasteiger partial charge on any atom is 0.209 e. The smallest absolute Gasteiger partial charge is 0.209 e. The molecule has 27 heavy (non-hydrogen) atoms. The molecule has 0 atom stereocenters. The number of rotatable bonds is 7. The van der Waals surface area contributed by atoms with Crippen LogP contribution in [0, 0.1) is 13.8 Å². The number of nitrogens with zero attached hydrogens (tertiary/aromatic N) is 6.